The van der Waals surface area contributed by atoms with Crippen LogP contribution >= 0.6 is 0 Å². The molecule has 26 heteroatoms. The molecule has 10 N–H and O–H groups in total. The summed E-state index contributed by atoms with van der Waals surface area (Å²) >= 11 is 0. The molecule has 2 aromatic heterocycles. The molecule has 414 valence electrons. The van der Waals surface area contributed by atoms with Gasteiger partial charge in [-0.1, -0.05) is 44.5 Å². The molecule has 2 aromatic carbocycles. The second-order valence-electron chi connectivity index (χ2n) is 19.0. The third kappa shape index (κ3) is 15.9. The van der Waals surface area contributed by atoms with E-state index in [0.29, 0.717) is 58.8 Å². The van der Waals surface area contributed by atoms with E-state index >= 15 is 0 Å². The number of urea groups is 1. The third-order valence-corrected chi connectivity index (χ3v) is 12.8. The number of nitrogens with zero attached hydrogens (tertiary/aromatic N) is 6. The number of rotatable bonds is 27. The van der Waals surface area contributed by atoms with E-state index in [-0.39, 0.29) is 69.0 Å². The number of ether oxygens (including phenoxy) is 3. The molecule has 2 aliphatic rings. The number of carbonyl (C=O) groups is 8. The maximum Gasteiger partial charge on any atom is 0.408 e. The number of unbranched alkanes of at least 4 members (excludes halogenated alkanes) is 2. The fourth-order valence-corrected chi connectivity index (χ4v) is 8.59. The van der Waals surface area contributed by atoms with Gasteiger partial charge in [-0.2, -0.15) is 0 Å². The van der Waals surface area contributed by atoms with Crippen LogP contribution in [0.4, 0.5) is 21.1 Å². The van der Waals surface area contributed by atoms with Gasteiger partial charge in [0.1, 0.15) is 49.0 Å². The Morgan fingerprint density at radius 2 is 1.55 bits per heavy atom. The van der Waals surface area contributed by atoms with E-state index < -0.39 is 79.1 Å². The lowest BCUT2D eigenvalue weighted by Crippen LogP contribution is -2.55. The highest BCUT2D eigenvalue weighted by Gasteiger charge is 2.46. The Labute approximate surface area is 443 Å². The summed E-state index contributed by atoms with van der Waals surface area (Å²) in [6.45, 7) is 3.01. The molecule has 26 nitrogen and oxygen atoms in total. The number of hydrogen-bond donors (Lipinski definition) is 9. The molecule has 0 bridgehead atoms. The highest BCUT2D eigenvalue weighted by atomic mass is 16.6. The Morgan fingerprint density at radius 1 is 0.844 bits per heavy atom. The highest BCUT2D eigenvalue weighted by molar-refractivity contribution is 6.12. The van der Waals surface area contributed by atoms with E-state index in [2.05, 4.69) is 46.9 Å². The van der Waals surface area contributed by atoms with Gasteiger partial charge in [-0.05, 0) is 67.0 Å². The van der Waals surface area contributed by atoms with Gasteiger partial charge >= 0.3 is 12.1 Å². The minimum atomic E-state index is -1.40. The Morgan fingerprint density at radius 3 is 2.19 bits per heavy atom. The van der Waals surface area contributed by atoms with Crippen LogP contribution in [-0.4, -0.2) is 159 Å². The normalized spacial score (nSPS) is 18.1. The lowest BCUT2D eigenvalue weighted by atomic mass is 10.0. The average molecular weight is 1070 g/mol. The largest absolute Gasteiger partial charge is 0.497 e. The Kier molecular flexibility index (Phi) is 20.7. The molecule has 1 fully saturated rings. The molecule has 0 unspecified atom stereocenters. The average Bonchev–Trinajstić information content (AvgIpc) is 4.08. The molecule has 9 amide bonds. The van der Waals surface area contributed by atoms with Gasteiger partial charge in [-0.3, -0.25) is 38.2 Å². The zero-order valence-electron chi connectivity index (χ0n) is 43.5. The van der Waals surface area contributed by atoms with Gasteiger partial charge in [0.05, 0.1) is 26.1 Å². The predicted molar refractivity (Wildman–Crippen MR) is 277 cm³/mol. The van der Waals surface area contributed by atoms with Gasteiger partial charge in [0.15, 0.2) is 23.2 Å². The van der Waals surface area contributed by atoms with Crippen LogP contribution in [0.25, 0.3) is 11.2 Å². The number of aromatic nitrogens is 4. The van der Waals surface area contributed by atoms with Crippen molar-refractivity contribution in [3.63, 3.8) is 0 Å². The molecule has 7 atom stereocenters. The van der Waals surface area contributed by atoms with Crippen molar-refractivity contribution in [2.75, 3.05) is 51.1 Å². The van der Waals surface area contributed by atoms with Gasteiger partial charge in [-0.15, -0.1) is 0 Å². The molecule has 0 spiro atoms. The topological polar surface area (TPSA) is 353 Å². The van der Waals surface area contributed by atoms with Gasteiger partial charge < -0.3 is 67.0 Å². The van der Waals surface area contributed by atoms with Crippen LogP contribution in [0.15, 0.2) is 73.3 Å². The summed E-state index contributed by atoms with van der Waals surface area (Å²) in [5.41, 5.74) is 7.48. The summed E-state index contributed by atoms with van der Waals surface area (Å²) in [5, 5.41) is 38.0. The first kappa shape index (κ1) is 58.0. The van der Waals surface area contributed by atoms with Crippen molar-refractivity contribution in [1.82, 2.24) is 51.0 Å². The molecule has 77 heavy (non-hydrogen) atoms. The predicted octanol–water partition coefficient (Wildman–Crippen LogP) is 0.672. The minimum Gasteiger partial charge on any atom is -0.497 e. The fourth-order valence-electron chi connectivity index (χ4n) is 8.59. The third-order valence-electron chi connectivity index (χ3n) is 12.8. The highest BCUT2D eigenvalue weighted by Crippen LogP contribution is 2.33. The van der Waals surface area contributed by atoms with Crippen molar-refractivity contribution in [3.05, 3.63) is 84.5 Å². The van der Waals surface area contributed by atoms with Gasteiger partial charge in [0.25, 0.3) is 11.8 Å². The molecular weight excluding hydrogens is 1000 g/mol. The second kappa shape index (κ2) is 27.5. The zero-order chi connectivity index (χ0) is 55.8. The summed E-state index contributed by atoms with van der Waals surface area (Å²) in [4.78, 5) is 119. The van der Waals surface area contributed by atoms with Gasteiger partial charge in [0, 0.05) is 57.9 Å². The van der Waals surface area contributed by atoms with Crippen LogP contribution in [0.2, 0.25) is 0 Å². The summed E-state index contributed by atoms with van der Waals surface area (Å²) in [6.07, 6.45) is 2.58. The van der Waals surface area contributed by atoms with E-state index in [9.17, 15) is 48.6 Å². The molecule has 0 aliphatic carbocycles. The molecule has 1 saturated heterocycles. The van der Waals surface area contributed by atoms with E-state index in [1.807, 2.05) is 0 Å². The van der Waals surface area contributed by atoms with Gasteiger partial charge in [-0.25, -0.2) is 24.5 Å². The lowest BCUT2D eigenvalue weighted by Gasteiger charge is -2.25. The second-order valence-corrected chi connectivity index (χ2v) is 19.0. The molecule has 4 heterocycles. The van der Waals surface area contributed by atoms with E-state index in [0.717, 1.165) is 4.90 Å². The number of imidazole rings is 1. The number of nitrogens with one attached hydrogen (secondary N) is 6. The van der Waals surface area contributed by atoms with Crippen molar-refractivity contribution < 1.29 is 62.8 Å². The van der Waals surface area contributed by atoms with Crippen LogP contribution in [0.5, 0.6) is 5.75 Å². The quantitative estimate of drug-likeness (QED) is 0.0293. The molecule has 2 aliphatic heterocycles. The van der Waals surface area contributed by atoms with Crippen molar-refractivity contribution in [3.8, 4) is 5.75 Å². The molecular formula is C51H67N13O13. The number of aliphatic hydroxyl groups is 2. The van der Waals surface area contributed by atoms with Crippen molar-refractivity contribution in [2.24, 2.45) is 11.7 Å². The van der Waals surface area contributed by atoms with E-state index in [1.54, 1.807) is 81.4 Å². The van der Waals surface area contributed by atoms with Crippen molar-refractivity contribution in [1.29, 1.82) is 0 Å². The number of primary amides is 1. The van der Waals surface area contributed by atoms with E-state index in [1.165, 1.54) is 36.5 Å². The number of fused-ring (bicyclic) bond motifs is 1. The van der Waals surface area contributed by atoms with Crippen LogP contribution in [0, 0.1) is 5.92 Å². The summed E-state index contributed by atoms with van der Waals surface area (Å²) in [6, 6.07) is 7.85. The standard InChI is InChI=1S/C51H67N13O13/c1-29(2)40(60-37(66)11-7-6-8-23-63-38(67)20-21-39(63)68)48(72)58-34(10-9-22-53-50(52)73)46(70)57-32-16-12-31(13-17-32)26-76-51(74)59-35(24-30-14-18-33(75-5)19-15-30)47(71)61-41-36(25-65)77-49(43(41)69)64-28-56-42-44(62(3)4)54-27-55-45(42)64/h12-21,27-29,34-36,40-41,43,49,65,69H,6-11,22-26H2,1-5H3,(H,57,70)(H,58,72)(H,59,74)(H,60,66)(H,61,71)(H3,52,53,73)/t34-,35-,36+,40-,41+,43+,49+/m0/s1. The summed E-state index contributed by atoms with van der Waals surface area (Å²) < 4.78 is 18.3. The summed E-state index contributed by atoms with van der Waals surface area (Å²) in [7, 11) is 5.09. The monoisotopic (exact) mass is 1070 g/mol. The van der Waals surface area contributed by atoms with Gasteiger partial charge in [0.2, 0.25) is 23.6 Å². The number of hydrogen-bond acceptors (Lipinski definition) is 17. The molecule has 4 aromatic rings. The molecule has 6 rings (SSSR count). The number of anilines is 2. The van der Waals surface area contributed by atoms with Crippen molar-refractivity contribution >= 4 is 70.2 Å². The van der Waals surface area contributed by atoms with Crippen molar-refractivity contribution in [2.45, 2.75) is 108 Å². The molecule has 0 radical (unpaired) electrons. The minimum absolute atomic E-state index is 0.0167. The SMILES string of the molecule is COc1ccc(C[C@H](NC(=O)OCc2ccc(NC(=O)[C@H](CCCNC(N)=O)NC(=O)[C@@H](NC(=O)CCCCCN3C(=O)C=CC3=O)C(C)C)cc2)C(=O)N[C@H]2[C@@H](O)[C@H](n3cnc4c(N(C)C)ncnc43)O[C@@H]2CO)cc1. The first-order valence-electron chi connectivity index (χ1n) is 25.1. The Bertz CT molecular complexity index is 2740. The fraction of sp³-hybridized carbons (Fsp3) is 0.471. The number of carbonyl (C=O) groups excluding carboxylic acids is 8. The van der Waals surface area contributed by atoms with Crippen LogP contribution in [0.1, 0.15) is 69.7 Å². The number of benzene rings is 2. The maximum atomic E-state index is 14.1. The van der Waals surface area contributed by atoms with Crippen LogP contribution in [0.3, 0.4) is 0 Å². The Balaban J connectivity index is 1.05. The first-order chi connectivity index (χ1) is 36.9. The first-order valence-corrected chi connectivity index (χ1v) is 25.1. The number of nitrogens with two attached hydrogens (primary N) is 1. The van der Waals surface area contributed by atoms with Crippen LogP contribution < -0.4 is 47.3 Å². The summed E-state index contributed by atoms with van der Waals surface area (Å²) in [5.74, 6) is -2.32. The van der Waals surface area contributed by atoms with Crippen LogP contribution in [-0.2, 0) is 51.3 Å². The Hall–Kier alpha value is -8.23. The smallest absolute Gasteiger partial charge is 0.408 e. The maximum absolute atomic E-state index is 14.1. The molecule has 0 saturated carbocycles. The number of methoxy groups -OCH3 is 1. The van der Waals surface area contributed by atoms with E-state index in [4.69, 9.17) is 19.9 Å². The number of alkyl carbamates (subject to hydrolysis) is 1. The number of imide groups is 1. The zero-order valence-corrected chi connectivity index (χ0v) is 43.5. The lowest BCUT2D eigenvalue weighted by molar-refractivity contribution is -0.137. The number of amides is 9. The number of aliphatic hydroxyl groups excluding tert-OH is 2.